The summed E-state index contributed by atoms with van der Waals surface area (Å²) in [6, 6.07) is -0.0466. The molecule has 11 heteroatoms. The van der Waals surface area contributed by atoms with Crippen LogP contribution >= 0.6 is 0 Å². The Bertz CT molecular complexity index is 776. The molecule has 1 aliphatic heterocycles. The Hall–Kier alpha value is -2.53. The highest BCUT2D eigenvalue weighted by Crippen LogP contribution is 2.31. The topological polar surface area (TPSA) is 120 Å². The van der Waals surface area contributed by atoms with Gasteiger partial charge in [0.25, 0.3) is 0 Å². The van der Waals surface area contributed by atoms with Crippen molar-refractivity contribution in [2.24, 2.45) is 11.8 Å². The molecule has 2 heterocycles. The van der Waals surface area contributed by atoms with Gasteiger partial charge in [0.15, 0.2) is 11.6 Å². The summed E-state index contributed by atoms with van der Waals surface area (Å²) in [5.74, 6) is -0.987. The highest BCUT2D eigenvalue weighted by molar-refractivity contribution is 5.80. The highest BCUT2D eigenvalue weighted by Gasteiger charge is 2.28. The smallest absolute Gasteiger partial charge is 0.243 e. The van der Waals surface area contributed by atoms with Crippen LogP contribution in [-0.2, 0) is 14.3 Å². The van der Waals surface area contributed by atoms with Crippen molar-refractivity contribution in [1.29, 1.82) is 0 Å². The van der Waals surface area contributed by atoms with Gasteiger partial charge in [-0.05, 0) is 26.2 Å². The van der Waals surface area contributed by atoms with E-state index in [1.165, 1.54) is 0 Å². The van der Waals surface area contributed by atoms with Gasteiger partial charge in [-0.25, -0.2) is 15.0 Å². The van der Waals surface area contributed by atoms with Crippen molar-refractivity contribution >= 4 is 24.0 Å². The van der Waals surface area contributed by atoms with E-state index in [1.807, 2.05) is 11.8 Å². The van der Waals surface area contributed by atoms with E-state index in [1.54, 1.807) is 6.92 Å². The number of carbonyl (C=O) groups is 2. The molecule has 1 saturated carbocycles. The highest BCUT2D eigenvalue weighted by atomic mass is 19.1. The summed E-state index contributed by atoms with van der Waals surface area (Å²) in [6.07, 6.45) is 5.07. The predicted octanol–water partition coefficient (Wildman–Crippen LogP) is 1.64. The van der Waals surface area contributed by atoms with Crippen molar-refractivity contribution in [1.82, 2.24) is 20.5 Å². The number of hydrazine groups is 1. The lowest BCUT2D eigenvalue weighted by Crippen LogP contribution is -2.45. The zero-order valence-corrected chi connectivity index (χ0v) is 18.0. The molecule has 2 aliphatic rings. The molecule has 0 spiro atoms. The van der Waals surface area contributed by atoms with Gasteiger partial charge in [0.2, 0.25) is 18.1 Å². The van der Waals surface area contributed by atoms with Crippen LogP contribution in [0.15, 0.2) is 0 Å². The number of aromatic nitrogens is 2. The minimum absolute atomic E-state index is 0.0466. The van der Waals surface area contributed by atoms with Crippen LogP contribution in [0.5, 0.6) is 0 Å². The number of aryl methyl sites for hydroxylation is 1. The summed E-state index contributed by atoms with van der Waals surface area (Å²) in [6.45, 7) is 4.89. The van der Waals surface area contributed by atoms with Crippen molar-refractivity contribution < 1.29 is 23.9 Å². The van der Waals surface area contributed by atoms with Crippen LogP contribution < -0.4 is 15.8 Å². The maximum absolute atomic E-state index is 15.1. The van der Waals surface area contributed by atoms with Crippen LogP contribution in [0.3, 0.4) is 0 Å². The molecule has 2 fully saturated rings. The Morgan fingerprint density at radius 3 is 2.84 bits per heavy atom. The van der Waals surface area contributed by atoms with Gasteiger partial charge in [-0.3, -0.25) is 25.6 Å². The number of rotatable bonds is 9. The fourth-order valence-corrected chi connectivity index (χ4v) is 4.26. The van der Waals surface area contributed by atoms with Crippen molar-refractivity contribution in [2.75, 3.05) is 36.6 Å². The molecule has 3 rings (SSSR count). The number of nitrogens with one attached hydrogen (secondary N) is 2. The summed E-state index contributed by atoms with van der Waals surface area (Å²) in [5, 5.41) is 10.1. The molecule has 10 nitrogen and oxygen atoms in total. The number of carbonyl (C=O) groups excluding carboxylic acids is 2. The second-order valence-corrected chi connectivity index (χ2v) is 8.30. The molecule has 2 amide bonds. The van der Waals surface area contributed by atoms with Gasteiger partial charge in [-0.15, -0.1) is 0 Å². The normalized spacial score (nSPS) is 20.4. The minimum Gasteiger partial charge on any atom is -0.377 e. The number of anilines is 2. The number of nitrogens with zero attached hydrogens (tertiary/aromatic N) is 4. The number of amides is 2. The molecule has 0 bridgehead atoms. The number of halogens is 1. The first kappa shape index (κ1) is 23.1. The average Bonchev–Trinajstić information content (AvgIpc) is 3.27. The Morgan fingerprint density at radius 2 is 2.16 bits per heavy atom. The van der Waals surface area contributed by atoms with Crippen LogP contribution in [0.25, 0.3) is 0 Å². The van der Waals surface area contributed by atoms with Crippen LogP contribution in [0.1, 0.15) is 44.9 Å². The quantitative estimate of drug-likeness (QED) is 0.302. The predicted molar refractivity (Wildman–Crippen MR) is 111 cm³/mol. The first-order valence-corrected chi connectivity index (χ1v) is 10.7. The largest absolute Gasteiger partial charge is 0.377 e. The molecule has 172 valence electrons. The molecule has 31 heavy (non-hydrogen) atoms. The first-order valence-electron chi connectivity index (χ1n) is 10.7. The second kappa shape index (κ2) is 10.7. The number of hydroxylamine groups is 2. The molecule has 3 N–H and O–H groups in total. The summed E-state index contributed by atoms with van der Waals surface area (Å²) < 4.78 is 20.5. The van der Waals surface area contributed by atoms with E-state index in [-0.39, 0.29) is 30.6 Å². The van der Waals surface area contributed by atoms with Crippen molar-refractivity contribution in [3.05, 3.63) is 11.6 Å². The van der Waals surface area contributed by atoms with E-state index in [4.69, 9.17) is 4.74 Å². The Labute approximate surface area is 181 Å². The molecular weight excluding hydrogens is 407 g/mol. The molecular formula is C20H31FN6O4. The van der Waals surface area contributed by atoms with E-state index < -0.39 is 17.6 Å². The Balaban J connectivity index is 1.70. The van der Waals surface area contributed by atoms with Crippen molar-refractivity contribution in [2.45, 2.75) is 52.0 Å². The zero-order chi connectivity index (χ0) is 22.4. The molecule has 1 unspecified atom stereocenters. The number of hydrogen-bond acceptors (Lipinski definition) is 8. The monoisotopic (exact) mass is 438 g/mol. The molecule has 1 aromatic heterocycles. The maximum Gasteiger partial charge on any atom is 0.243 e. The fraction of sp³-hybridized carbons (Fsp3) is 0.700. The van der Waals surface area contributed by atoms with E-state index in [9.17, 15) is 14.8 Å². The zero-order valence-electron chi connectivity index (χ0n) is 18.0. The lowest BCUT2D eigenvalue weighted by atomic mass is 9.92. The molecule has 1 saturated heterocycles. The first-order chi connectivity index (χ1) is 14.9. The molecule has 0 radical (unpaired) electrons. The number of morpholine rings is 1. The van der Waals surface area contributed by atoms with Gasteiger partial charge < -0.3 is 9.64 Å². The van der Waals surface area contributed by atoms with E-state index in [2.05, 4.69) is 20.8 Å². The second-order valence-electron chi connectivity index (χ2n) is 8.30. The van der Waals surface area contributed by atoms with Gasteiger partial charge in [-0.1, -0.05) is 25.7 Å². The van der Waals surface area contributed by atoms with Gasteiger partial charge in [-0.2, -0.15) is 4.39 Å². The minimum atomic E-state index is -0.663. The molecule has 0 aromatic carbocycles. The third kappa shape index (κ3) is 6.01. The summed E-state index contributed by atoms with van der Waals surface area (Å²) in [4.78, 5) is 33.7. The SMILES string of the molecule is Cc1nc(NNC(=O)C(CC2CCCC2)CN(O)C=O)c(F)c(N2CCOC[C@@H]2C)n1. The van der Waals surface area contributed by atoms with E-state index >= 15 is 4.39 Å². The molecule has 2 atom stereocenters. The maximum atomic E-state index is 15.1. The summed E-state index contributed by atoms with van der Waals surface area (Å²) >= 11 is 0. The molecule has 1 aliphatic carbocycles. The Morgan fingerprint density at radius 1 is 1.42 bits per heavy atom. The van der Waals surface area contributed by atoms with Crippen molar-refractivity contribution in [3.8, 4) is 0 Å². The van der Waals surface area contributed by atoms with Crippen LogP contribution in [0.4, 0.5) is 16.0 Å². The van der Waals surface area contributed by atoms with E-state index in [0.717, 1.165) is 25.7 Å². The van der Waals surface area contributed by atoms with Gasteiger partial charge >= 0.3 is 0 Å². The van der Waals surface area contributed by atoms with Crippen molar-refractivity contribution in [3.63, 3.8) is 0 Å². The average molecular weight is 439 g/mol. The van der Waals surface area contributed by atoms with Gasteiger partial charge in [0.05, 0.1) is 31.7 Å². The van der Waals surface area contributed by atoms with Gasteiger partial charge in [0, 0.05) is 6.54 Å². The lowest BCUT2D eigenvalue weighted by Gasteiger charge is -2.34. The van der Waals surface area contributed by atoms with Crippen LogP contribution in [-0.4, -0.2) is 64.9 Å². The summed E-state index contributed by atoms with van der Waals surface area (Å²) in [7, 11) is 0. The van der Waals surface area contributed by atoms with Crippen LogP contribution in [0, 0.1) is 24.6 Å². The number of hydrogen-bond donors (Lipinski definition) is 3. The third-order valence-electron chi connectivity index (χ3n) is 5.88. The lowest BCUT2D eigenvalue weighted by molar-refractivity contribution is -0.154. The molecule has 1 aromatic rings. The third-order valence-corrected chi connectivity index (χ3v) is 5.88. The number of ether oxygens (including phenoxy) is 1. The van der Waals surface area contributed by atoms with Gasteiger partial charge in [0.1, 0.15) is 5.82 Å². The van der Waals surface area contributed by atoms with E-state index in [0.29, 0.717) is 43.0 Å². The fourth-order valence-electron chi connectivity index (χ4n) is 4.26. The van der Waals surface area contributed by atoms with Crippen LogP contribution in [0.2, 0.25) is 0 Å². The standard InChI is InChI=1S/C20H31FN6O4/c1-13-11-31-8-7-27(13)19-17(21)18(22-14(2)23-19)24-25-20(29)16(10-26(30)12-28)9-15-5-3-4-6-15/h12-13,15-16,30H,3-11H2,1-2H3,(H,25,29)(H,22,23,24)/t13-,16?/m0/s1. The summed E-state index contributed by atoms with van der Waals surface area (Å²) in [5.41, 5.74) is 5.07. The Kier molecular flexibility index (Phi) is 7.97.